The molecule has 0 bridgehead atoms. The van der Waals surface area contributed by atoms with Crippen molar-refractivity contribution in [1.82, 2.24) is 5.32 Å². The van der Waals surface area contributed by atoms with E-state index in [1.165, 1.54) is 12.8 Å². The van der Waals surface area contributed by atoms with Crippen LogP contribution in [0.4, 0.5) is 0 Å². The summed E-state index contributed by atoms with van der Waals surface area (Å²) in [7, 11) is 0. The van der Waals surface area contributed by atoms with Crippen LogP contribution in [0.15, 0.2) is 12.7 Å². The topological polar surface area (TPSA) is 21.3 Å². The molecule has 0 aromatic rings. The predicted molar refractivity (Wildman–Crippen MR) is 60.4 cm³/mol. The van der Waals surface area contributed by atoms with Crippen molar-refractivity contribution in [1.29, 1.82) is 0 Å². The van der Waals surface area contributed by atoms with Crippen molar-refractivity contribution < 1.29 is 4.74 Å². The van der Waals surface area contributed by atoms with E-state index >= 15 is 0 Å². The molecule has 0 aliphatic carbocycles. The summed E-state index contributed by atoms with van der Waals surface area (Å²) in [6.45, 7) is 12.3. The third-order valence-corrected chi connectivity index (χ3v) is 2.91. The highest BCUT2D eigenvalue weighted by Crippen LogP contribution is 2.16. The average molecular weight is 197 g/mol. The Morgan fingerprint density at radius 2 is 2.07 bits per heavy atom. The smallest absolute Gasteiger partial charge is 0.0469 e. The van der Waals surface area contributed by atoms with Gasteiger partial charge in [0.1, 0.15) is 0 Å². The molecule has 0 saturated carbocycles. The van der Waals surface area contributed by atoms with Crippen molar-refractivity contribution in [2.45, 2.75) is 26.7 Å². The molecule has 2 heteroatoms. The first-order valence-corrected chi connectivity index (χ1v) is 5.56. The minimum absolute atomic E-state index is 0.213. The van der Waals surface area contributed by atoms with E-state index in [2.05, 4.69) is 25.7 Å². The molecule has 0 amide bonds. The third-order valence-electron chi connectivity index (χ3n) is 2.91. The van der Waals surface area contributed by atoms with Gasteiger partial charge in [-0.25, -0.2) is 0 Å². The van der Waals surface area contributed by atoms with Gasteiger partial charge in [0, 0.05) is 19.8 Å². The van der Waals surface area contributed by atoms with Crippen molar-refractivity contribution in [2.75, 3.05) is 26.3 Å². The van der Waals surface area contributed by atoms with Crippen LogP contribution < -0.4 is 5.32 Å². The highest BCUT2D eigenvalue weighted by Gasteiger charge is 2.16. The number of rotatable bonds is 5. The van der Waals surface area contributed by atoms with Crippen LogP contribution in [-0.4, -0.2) is 26.3 Å². The second-order valence-electron chi connectivity index (χ2n) is 4.88. The molecule has 14 heavy (non-hydrogen) atoms. The zero-order valence-corrected chi connectivity index (χ0v) is 9.51. The standard InChI is InChI=1S/C12H23NO/c1-4-12(2,3)10-13-9-11-5-7-14-8-6-11/h4,11,13H,1,5-10H2,2-3H3. The van der Waals surface area contributed by atoms with Gasteiger partial charge >= 0.3 is 0 Å². The summed E-state index contributed by atoms with van der Waals surface area (Å²) in [5, 5.41) is 3.52. The Morgan fingerprint density at radius 1 is 1.43 bits per heavy atom. The van der Waals surface area contributed by atoms with Crippen molar-refractivity contribution in [2.24, 2.45) is 11.3 Å². The SMILES string of the molecule is C=CC(C)(C)CNCC1CCOCC1. The minimum Gasteiger partial charge on any atom is -0.381 e. The monoisotopic (exact) mass is 197 g/mol. The summed E-state index contributed by atoms with van der Waals surface area (Å²) in [6, 6.07) is 0. The normalized spacial score (nSPS) is 19.6. The fourth-order valence-corrected chi connectivity index (χ4v) is 1.62. The number of ether oxygens (including phenoxy) is 1. The summed E-state index contributed by atoms with van der Waals surface area (Å²) >= 11 is 0. The van der Waals surface area contributed by atoms with Crippen LogP contribution in [0.25, 0.3) is 0 Å². The lowest BCUT2D eigenvalue weighted by Gasteiger charge is -2.25. The first-order chi connectivity index (χ1) is 6.64. The second-order valence-corrected chi connectivity index (χ2v) is 4.88. The minimum atomic E-state index is 0.213. The van der Waals surface area contributed by atoms with E-state index in [-0.39, 0.29) is 5.41 Å². The molecular weight excluding hydrogens is 174 g/mol. The first-order valence-electron chi connectivity index (χ1n) is 5.56. The van der Waals surface area contributed by atoms with Gasteiger partial charge in [0.15, 0.2) is 0 Å². The zero-order valence-electron chi connectivity index (χ0n) is 9.51. The molecule has 0 aromatic heterocycles. The van der Waals surface area contributed by atoms with Crippen molar-refractivity contribution >= 4 is 0 Å². The van der Waals surface area contributed by atoms with Crippen molar-refractivity contribution in [3.63, 3.8) is 0 Å². The van der Waals surface area contributed by atoms with Crippen molar-refractivity contribution in [3.8, 4) is 0 Å². The molecule has 1 fully saturated rings. The molecular formula is C12H23NO. The molecule has 1 saturated heterocycles. The summed E-state index contributed by atoms with van der Waals surface area (Å²) < 4.78 is 5.32. The molecule has 0 aromatic carbocycles. The van der Waals surface area contributed by atoms with Crippen LogP contribution in [0.3, 0.4) is 0 Å². The van der Waals surface area contributed by atoms with E-state index in [0.29, 0.717) is 0 Å². The van der Waals surface area contributed by atoms with Gasteiger partial charge in [-0.3, -0.25) is 0 Å². The van der Waals surface area contributed by atoms with E-state index < -0.39 is 0 Å². The maximum atomic E-state index is 5.32. The molecule has 1 aliphatic rings. The van der Waals surface area contributed by atoms with Gasteiger partial charge in [0.05, 0.1) is 0 Å². The predicted octanol–water partition coefficient (Wildman–Crippen LogP) is 2.21. The molecule has 1 N–H and O–H groups in total. The Kier molecular flexibility index (Phi) is 4.63. The Labute approximate surface area is 87.7 Å². The Morgan fingerprint density at radius 3 is 2.64 bits per heavy atom. The molecule has 1 rings (SSSR count). The lowest BCUT2D eigenvalue weighted by atomic mass is 9.93. The van der Waals surface area contributed by atoms with Gasteiger partial charge < -0.3 is 10.1 Å². The first kappa shape index (κ1) is 11.7. The quantitative estimate of drug-likeness (QED) is 0.682. The van der Waals surface area contributed by atoms with Crippen LogP contribution in [0.1, 0.15) is 26.7 Å². The zero-order chi connectivity index (χ0) is 10.4. The highest BCUT2D eigenvalue weighted by molar-refractivity contribution is 4.89. The number of nitrogens with one attached hydrogen (secondary N) is 1. The van der Waals surface area contributed by atoms with E-state index in [1.807, 2.05) is 6.08 Å². The molecule has 0 radical (unpaired) electrons. The van der Waals surface area contributed by atoms with E-state index in [9.17, 15) is 0 Å². The Hall–Kier alpha value is -0.340. The summed E-state index contributed by atoms with van der Waals surface area (Å²) in [5.74, 6) is 0.810. The van der Waals surface area contributed by atoms with Crippen LogP contribution in [-0.2, 0) is 4.74 Å². The van der Waals surface area contributed by atoms with Crippen LogP contribution in [0, 0.1) is 11.3 Å². The van der Waals surface area contributed by atoms with Gasteiger partial charge in [0.2, 0.25) is 0 Å². The Balaban J connectivity index is 2.11. The van der Waals surface area contributed by atoms with E-state index in [1.54, 1.807) is 0 Å². The van der Waals surface area contributed by atoms with Crippen LogP contribution in [0.2, 0.25) is 0 Å². The molecule has 0 atom stereocenters. The summed E-state index contributed by atoms with van der Waals surface area (Å²) in [6.07, 6.45) is 4.44. The summed E-state index contributed by atoms with van der Waals surface area (Å²) in [5.41, 5.74) is 0.213. The molecule has 1 heterocycles. The summed E-state index contributed by atoms with van der Waals surface area (Å²) in [4.78, 5) is 0. The number of hydrogen-bond donors (Lipinski definition) is 1. The molecule has 2 nitrogen and oxygen atoms in total. The lowest BCUT2D eigenvalue weighted by Crippen LogP contribution is -2.33. The fraction of sp³-hybridized carbons (Fsp3) is 0.833. The van der Waals surface area contributed by atoms with Gasteiger partial charge in [0.25, 0.3) is 0 Å². The van der Waals surface area contributed by atoms with Gasteiger partial charge in [-0.05, 0) is 30.7 Å². The van der Waals surface area contributed by atoms with Gasteiger partial charge in [-0.2, -0.15) is 0 Å². The maximum Gasteiger partial charge on any atom is 0.0469 e. The van der Waals surface area contributed by atoms with Crippen molar-refractivity contribution in [3.05, 3.63) is 12.7 Å². The fourth-order valence-electron chi connectivity index (χ4n) is 1.62. The van der Waals surface area contributed by atoms with E-state index in [4.69, 9.17) is 4.74 Å². The van der Waals surface area contributed by atoms with E-state index in [0.717, 1.165) is 32.2 Å². The lowest BCUT2D eigenvalue weighted by molar-refractivity contribution is 0.0659. The molecule has 0 unspecified atom stereocenters. The molecule has 1 aliphatic heterocycles. The molecule has 82 valence electrons. The Bertz CT molecular complexity index is 171. The van der Waals surface area contributed by atoms with Crippen LogP contribution >= 0.6 is 0 Å². The molecule has 0 spiro atoms. The second kappa shape index (κ2) is 5.52. The largest absolute Gasteiger partial charge is 0.381 e. The highest BCUT2D eigenvalue weighted by atomic mass is 16.5. The van der Waals surface area contributed by atoms with Gasteiger partial charge in [-0.15, -0.1) is 6.58 Å². The maximum absolute atomic E-state index is 5.32. The van der Waals surface area contributed by atoms with Crippen LogP contribution in [0.5, 0.6) is 0 Å². The number of hydrogen-bond acceptors (Lipinski definition) is 2. The average Bonchev–Trinajstić information content (AvgIpc) is 2.19. The van der Waals surface area contributed by atoms with Gasteiger partial charge in [-0.1, -0.05) is 19.9 Å². The third kappa shape index (κ3) is 4.25.